The molecule has 0 aromatic rings. The molecule has 0 aromatic carbocycles. The largest absolute Gasteiger partial charge is 0.395 e. The third-order valence-corrected chi connectivity index (χ3v) is 8.78. The second-order valence-electron chi connectivity index (χ2n) is 11.9. The van der Waals surface area contributed by atoms with Gasteiger partial charge in [-0.1, -0.05) is 0 Å². The molecule has 3 aliphatic heterocycles. The van der Waals surface area contributed by atoms with Crippen LogP contribution >= 0.6 is 0 Å². The molecule has 3 heterocycles. The van der Waals surface area contributed by atoms with Crippen molar-refractivity contribution in [2.45, 2.75) is 104 Å². The average molecular weight is 608 g/mol. The van der Waals surface area contributed by atoms with Gasteiger partial charge in [0.25, 0.3) is 5.91 Å². The number of aliphatic hydroxyl groups is 4. The molecule has 15 N–H and O–H groups in total. The summed E-state index contributed by atoms with van der Waals surface area (Å²) in [6.45, 7) is 1.46. The number of carbonyl (C=O) groups excluding carboxylic acids is 1. The maximum absolute atomic E-state index is 13.0. The number of amides is 1. The Hall–Kier alpha value is -1.13. The van der Waals surface area contributed by atoms with Crippen molar-refractivity contribution in [1.29, 1.82) is 0 Å². The van der Waals surface area contributed by atoms with Crippen molar-refractivity contribution in [3.8, 4) is 0 Å². The van der Waals surface area contributed by atoms with Crippen LogP contribution in [0.4, 0.5) is 0 Å². The van der Waals surface area contributed by atoms with Crippen molar-refractivity contribution in [3.05, 3.63) is 0 Å². The van der Waals surface area contributed by atoms with Gasteiger partial charge in [-0.05, 0) is 33.2 Å². The van der Waals surface area contributed by atoms with Gasteiger partial charge >= 0.3 is 0 Å². The molecular formula is C25H49N7O10. The molecule has 1 aliphatic carbocycles. The topological polar surface area (TPSA) is 288 Å². The quantitative estimate of drug-likeness (QED) is 0.0685. The average Bonchev–Trinajstić information content (AvgIpc) is 3.73. The predicted molar refractivity (Wildman–Crippen MR) is 146 cm³/mol. The second-order valence-corrected chi connectivity index (χ2v) is 11.9. The minimum atomic E-state index is -2.05. The number of fused-ring (bicyclic) bond motifs is 1. The van der Waals surface area contributed by atoms with Crippen molar-refractivity contribution >= 4 is 5.91 Å². The number of likely N-dealkylation sites (N-methyl/N-ethyl adjacent to an activating group) is 1. The zero-order chi connectivity index (χ0) is 30.9. The van der Waals surface area contributed by atoms with Gasteiger partial charge in [-0.15, -0.1) is 0 Å². The summed E-state index contributed by atoms with van der Waals surface area (Å²) >= 11 is 0. The van der Waals surface area contributed by atoms with Gasteiger partial charge in [0.15, 0.2) is 30.0 Å². The standard InChI is InChI=1S/C25H49N7O10/c1-23(36)11-38-21(19-25(23,30-2)42-19)41-18-15(32-22(35)24(37,9-26)10-27)7-14(29)17(16(18)34)40-20-13(28)4-3-12(39-20)8-31-5-6-33/h12-21,30-31,33-34,36-37H,3-11,26-29H2,1-2H3,(H,32,35). The van der Waals surface area contributed by atoms with Crippen LogP contribution in [0.2, 0.25) is 0 Å². The van der Waals surface area contributed by atoms with E-state index in [2.05, 4.69) is 16.0 Å². The Morgan fingerprint density at radius 1 is 1.12 bits per heavy atom. The van der Waals surface area contributed by atoms with Gasteiger partial charge < -0.3 is 77.7 Å². The van der Waals surface area contributed by atoms with Crippen LogP contribution in [0, 0.1) is 0 Å². The Balaban J connectivity index is 1.52. The Morgan fingerprint density at radius 2 is 1.81 bits per heavy atom. The fourth-order valence-electron chi connectivity index (χ4n) is 5.98. The van der Waals surface area contributed by atoms with Crippen LogP contribution < -0.4 is 38.9 Å². The molecule has 244 valence electrons. The first-order valence-electron chi connectivity index (χ1n) is 14.5. The third kappa shape index (κ3) is 6.60. The molecule has 12 unspecified atom stereocenters. The van der Waals surface area contributed by atoms with E-state index >= 15 is 0 Å². The molecule has 17 nitrogen and oxygen atoms in total. The van der Waals surface area contributed by atoms with Crippen LogP contribution in [-0.2, 0) is 28.5 Å². The van der Waals surface area contributed by atoms with Crippen molar-refractivity contribution in [2.24, 2.45) is 22.9 Å². The van der Waals surface area contributed by atoms with Crippen LogP contribution in [0.1, 0.15) is 26.2 Å². The van der Waals surface area contributed by atoms with Gasteiger partial charge in [0.2, 0.25) is 0 Å². The van der Waals surface area contributed by atoms with Crippen LogP contribution in [0.5, 0.6) is 0 Å². The molecule has 12 atom stereocenters. The summed E-state index contributed by atoms with van der Waals surface area (Å²) in [6, 6.07) is -2.21. The lowest BCUT2D eigenvalue weighted by Crippen LogP contribution is -2.69. The molecule has 3 saturated heterocycles. The Labute approximate surface area is 244 Å². The summed E-state index contributed by atoms with van der Waals surface area (Å²) in [5.74, 6) is -0.847. The van der Waals surface area contributed by atoms with Crippen LogP contribution in [0.3, 0.4) is 0 Å². The SMILES string of the molecule is CNC12OC1C(OC1C(NC(=O)C(O)(CN)CN)CC(N)C(OC3OC(CNCCO)CCC3N)C1O)OCC2(C)O. The number of hydrogen-bond acceptors (Lipinski definition) is 16. The monoisotopic (exact) mass is 607 g/mol. The molecule has 0 aromatic heterocycles. The Morgan fingerprint density at radius 3 is 2.45 bits per heavy atom. The van der Waals surface area contributed by atoms with Gasteiger partial charge in [0.1, 0.15) is 23.9 Å². The number of nitrogens with one attached hydrogen (secondary N) is 3. The van der Waals surface area contributed by atoms with E-state index in [1.54, 1.807) is 14.0 Å². The molecule has 1 saturated carbocycles. The molecule has 42 heavy (non-hydrogen) atoms. The van der Waals surface area contributed by atoms with E-state index in [4.69, 9.17) is 51.7 Å². The van der Waals surface area contributed by atoms with Crippen molar-refractivity contribution in [1.82, 2.24) is 16.0 Å². The first kappa shape index (κ1) is 33.8. The van der Waals surface area contributed by atoms with E-state index in [0.29, 0.717) is 25.9 Å². The molecule has 17 heteroatoms. The number of nitrogens with two attached hydrogens (primary N) is 4. The number of rotatable bonds is 13. The van der Waals surface area contributed by atoms with Gasteiger partial charge in [-0.2, -0.15) is 0 Å². The van der Waals surface area contributed by atoms with Gasteiger partial charge in [0, 0.05) is 32.2 Å². The maximum atomic E-state index is 13.0. The molecule has 1 amide bonds. The molecular weight excluding hydrogens is 558 g/mol. The van der Waals surface area contributed by atoms with E-state index in [9.17, 15) is 20.1 Å². The fourth-order valence-corrected chi connectivity index (χ4v) is 5.98. The zero-order valence-corrected chi connectivity index (χ0v) is 24.2. The summed E-state index contributed by atoms with van der Waals surface area (Å²) in [7, 11) is 1.64. The molecule has 0 bridgehead atoms. The van der Waals surface area contributed by atoms with E-state index in [0.717, 1.165) is 0 Å². The summed E-state index contributed by atoms with van der Waals surface area (Å²) in [5, 5.41) is 50.8. The van der Waals surface area contributed by atoms with Crippen molar-refractivity contribution in [2.75, 3.05) is 46.4 Å². The van der Waals surface area contributed by atoms with E-state index in [1.165, 1.54) is 0 Å². The summed E-state index contributed by atoms with van der Waals surface area (Å²) in [4.78, 5) is 13.0. The lowest BCUT2D eigenvalue weighted by molar-refractivity contribution is -0.281. The maximum Gasteiger partial charge on any atom is 0.254 e. The molecule has 4 aliphatic rings. The minimum Gasteiger partial charge on any atom is -0.395 e. The summed E-state index contributed by atoms with van der Waals surface area (Å²) in [5.41, 5.74) is 19.5. The zero-order valence-electron chi connectivity index (χ0n) is 24.2. The minimum absolute atomic E-state index is 0.00801. The molecule has 4 rings (SSSR count). The lowest BCUT2D eigenvalue weighted by atomic mass is 9.83. The molecule has 0 radical (unpaired) electrons. The van der Waals surface area contributed by atoms with Crippen molar-refractivity contribution in [3.63, 3.8) is 0 Å². The van der Waals surface area contributed by atoms with E-state index in [-0.39, 0.29) is 25.7 Å². The highest BCUT2D eigenvalue weighted by Gasteiger charge is 2.73. The van der Waals surface area contributed by atoms with Gasteiger partial charge in [-0.25, -0.2) is 0 Å². The van der Waals surface area contributed by atoms with Gasteiger partial charge in [-0.3, -0.25) is 10.1 Å². The van der Waals surface area contributed by atoms with Crippen molar-refractivity contribution < 1.29 is 48.9 Å². The summed E-state index contributed by atoms with van der Waals surface area (Å²) in [6.07, 6.45) is -5.12. The van der Waals surface area contributed by atoms with Crippen LogP contribution in [0.25, 0.3) is 0 Å². The number of epoxide rings is 1. The summed E-state index contributed by atoms with van der Waals surface area (Å²) < 4.78 is 30.1. The lowest BCUT2D eigenvalue weighted by Gasteiger charge is -2.47. The Kier molecular flexibility index (Phi) is 10.8. The van der Waals surface area contributed by atoms with Crippen LogP contribution in [-0.4, -0.2) is 151 Å². The fraction of sp³-hybridized carbons (Fsp3) is 0.960. The van der Waals surface area contributed by atoms with Gasteiger partial charge in [0.05, 0.1) is 31.4 Å². The molecule has 4 fully saturated rings. The normalized spacial score (nSPS) is 44.0. The Bertz CT molecular complexity index is 917. The highest BCUT2D eigenvalue weighted by Crippen LogP contribution is 2.50. The van der Waals surface area contributed by atoms with E-state index in [1.807, 2.05) is 0 Å². The van der Waals surface area contributed by atoms with E-state index < -0.39 is 91.0 Å². The predicted octanol–water partition coefficient (Wildman–Crippen LogP) is -6.18. The van der Waals surface area contributed by atoms with Crippen LogP contribution in [0.15, 0.2) is 0 Å². The third-order valence-electron chi connectivity index (χ3n) is 8.78. The number of hydrogen-bond donors (Lipinski definition) is 11. The number of carbonyl (C=O) groups is 1. The number of aliphatic hydroxyl groups excluding tert-OH is 2. The highest BCUT2D eigenvalue weighted by atomic mass is 16.8. The first-order chi connectivity index (χ1) is 19.9. The smallest absolute Gasteiger partial charge is 0.254 e. The number of ether oxygens (including phenoxy) is 5. The first-order valence-corrected chi connectivity index (χ1v) is 14.5. The second kappa shape index (κ2) is 13.5. The molecule has 0 spiro atoms. The highest BCUT2D eigenvalue weighted by molar-refractivity contribution is 5.85.